The van der Waals surface area contributed by atoms with Gasteiger partial charge in [0.2, 0.25) is 0 Å². The van der Waals surface area contributed by atoms with Crippen molar-refractivity contribution in [1.82, 2.24) is 0 Å². The normalized spacial score (nSPS) is 39.1. The highest BCUT2D eigenvalue weighted by Gasteiger charge is 2.30. The summed E-state index contributed by atoms with van der Waals surface area (Å²) < 4.78 is 0. The Morgan fingerprint density at radius 2 is 2.30 bits per heavy atom. The topological polar surface area (TPSA) is 0 Å². The van der Waals surface area contributed by atoms with Crippen LogP contribution in [0.4, 0.5) is 0 Å². The fraction of sp³-hybridized carbons (Fsp3) is 0.800. The molecular weight excluding hydrogens is 120 g/mol. The molecule has 2 atom stereocenters. The summed E-state index contributed by atoms with van der Waals surface area (Å²) in [6.07, 6.45) is 9.64. The molecule has 2 rings (SSSR count). The lowest BCUT2D eigenvalue weighted by molar-refractivity contribution is 0.233. The molecule has 0 N–H and O–H groups in total. The van der Waals surface area contributed by atoms with E-state index in [0.29, 0.717) is 0 Å². The smallest absolute Gasteiger partial charge is 0.0177 e. The molecule has 0 heterocycles. The zero-order chi connectivity index (χ0) is 6.97. The highest BCUT2D eigenvalue weighted by Crippen LogP contribution is 2.42. The molecule has 0 nitrogen and oxygen atoms in total. The van der Waals surface area contributed by atoms with Crippen molar-refractivity contribution < 1.29 is 0 Å². The summed E-state index contributed by atoms with van der Waals surface area (Å²) in [7, 11) is 0. The van der Waals surface area contributed by atoms with Gasteiger partial charge in [0.25, 0.3) is 0 Å². The van der Waals surface area contributed by atoms with Crippen LogP contribution in [0.25, 0.3) is 0 Å². The molecule has 0 amide bonds. The predicted molar refractivity (Wildman–Crippen MR) is 43.8 cm³/mol. The number of hydrogen-bond acceptors (Lipinski definition) is 0. The average molecular weight is 136 g/mol. The lowest BCUT2D eigenvalue weighted by atomic mass is 9.70. The molecule has 2 aliphatic carbocycles. The van der Waals surface area contributed by atoms with E-state index in [1.165, 1.54) is 32.1 Å². The maximum atomic E-state index is 2.49. The second-order valence-electron chi connectivity index (χ2n) is 3.83. The minimum Gasteiger partial charge on any atom is -0.0850 e. The van der Waals surface area contributed by atoms with Crippen LogP contribution in [0.2, 0.25) is 0 Å². The number of hydrogen-bond donors (Lipinski definition) is 0. The van der Waals surface area contributed by atoms with Gasteiger partial charge in [-0.15, -0.1) is 0 Å². The molecule has 56 valence electrons. The second-order valence-corrected chi connectivity index (χ2v) is 3.83. The highest BCUT2D eigenvalue weighted by molar-refractivity contribution is 5.15. The summed E-state index contributed by atoms with van der Waals surface area (Å²) in [5, 5.41) is 0. The molecule has 1 fully saturated rings. The minimum atomic E-state index is 1.00. The van der Waals surface area contributed by atoms with Crippen molar-refractivity contribution >= 4 is 0 Å². The second kappa shape index (κ2) is 2.41. The average Bonchev–Trinajstić information content (AvgIpc) is 2.37. The van der Waals surface area contributed by atoms with Crippen LogP contribution in [0.1, 0.15) is 39.0 Å². The van der Waals surface area contributed by atoms with Crippen LogP contribution >= 0.6 is 0 Å². The van der Waals surface area contributed by atoms with Crippen molar-refractivity contribution in [3.63, 3.8) is 0 Å². The van der Waals surface area contributed by atoms with Gasteiger partial charge in [0.05, 0.1) is 0 Å². The summed E-state index contributed by atoms with van der Waals surface area (Å²) in [6.45, 7) is 2.40. The maximum absolute atomic E-state index is 2.49. The first-order valence-corrected chi connectivity index (χ1v) is 4.57. The third-order valence-electron chi connectivity index (χ3n) is 3.17. The van der Waals surface area contributed by atoms with Gasteiger partial charge in [-0.25, -0.2) is 0 Å². The van der Waals surface area contributed by atoms with Gasteiger partial charge < -0.3 is 0 Å². The Morgan fingerprint density at radius 1 is 1.40 bits per heavy atom. The molecule has 0 heteroatoms. The number of allylic oxidation sites excluding steroid dienone is 2. The van der Waals surface area contributed by atoms with Crippen molar-refractivity contribution in [3.05, 3.63) is 11.6 Å². The SMILES string of the molecule is CC1CCC1C1=CCCC1. The van der Waals surface area contributed by atoms with Crippen LogP contribution in [0, 0.1) is 11.8 Å². The number of rotatable bonds is 1. The van der Waals surface area contributed by atoms with Gasteiger partial charge in [-0.3, -0.25) is 0 Å². The Hall–Kier alpha value is -0.260. The molecule has 0 aromatic heterocycles. The summed E-state index contributed by atoms with van der Waals surface area (Å²) in [4.78, 5) is 0. The zero-order valence-corrected chi connectivity index (χ0v) is 6.77. The Labute approximate surface area is 63.3 Å². The lowest BCUT2D eigenvalue weighted by Gasteiger charge is -2.35. The summed E-state index contributed by atoms with van der Waals surface area (Å²) in [5.41, 5.74) is 1.79. The van der Waals surface area contributed by atoms with Crippen LogP contribution in [0.3, 0.4) is 0 Å². The third-order valence-corrected chi connectivity index (χ3v) is 3.17. The van der Waals surface area contributed by atoms with Crippen LogP contribution in [0.5, 0.6) is 0 Å². The van der Waals surface area contributed by atoms with E-state index in [9.17, 15) is 0 Å². The van der Waals surface area contributed by atoms with Crippen LogP contribution < -0.4 is 0 Å². The third kappa shape index (κ3) is 0.902. The molecule has 2 unspecified atom stereocenters. The molecule has 0 aromatic rings. The Kier molecular flexibility index (Phi) is 1.55. The molecule has 0 spiro atoms. The van der Waals surface area contributed by atoms with Crippen molar-refractivity contribution in [2.45, 2.75) is 39.0 Å². The van der Waals surface area contributed by atoms with E-state index < -0.39 is 0 Å². The van der Waals surface area contributed by atoms with E-state index in [4.69, 9.17) is 0 Å². The van der Waals surface area contributed by atoms with Crippen LogP contribution in [-0.4, -0.2) is 0 Å². The van der Waals surface area contributed by atoms with Gasteiger partial charge >= 0.3 is 0 Å². The first-order chi connectivity index (χ1) is 4.88. The van der Waals surface area contributed by atoms with Gasteiger partial charge in [0, 0.05) is 0 Å². The van der Waals surface area contributed by atoms with E-state index in [-0.39, 0.29) is 0 Å². The van der Waals surface area contributed by atoms with Gasteiger partial charge in [0.1, 0.15) is 0 Å². The maximum Gasteiger partial charge on any atom is -0.0177 e. The summed E-state index contributed by atoms with van der Waals surface area (Å²) >= 11 is 0. The largest absolute Gasteiger partial charge is 0.0850 e. The molecule has 0 aromatic carbocycles. The van der Waals surface area contributed by atoms with Crippen molar-refractivity contribution in [2.24, 2.45) is 11.8 Å². The van der Waals surface area contributed by atoms with Gasteiger partial charge in [-0.05, 0) is 43.9 Å². The standard InChI is InChI=1S/C10H16/c1-8-6-7-10(8)9-4-2-3-5-9/h4,8,10H,2-3,5-7H2,1H3. The van der Waals surface area contributed by atoms with Crippen molar-refractivity contribution in [1.29, 1.82) is 0 Å². The molecular formula is C10H16. The summed E-state index contributed by atoms with van der Waals surface area (Å²) in [6, 6.07) is 0. The predicted octanol–water partition coefficient (Wildman–Crippen LogP) is 3.14. The van der Waals surface area contributed by atoms with Gasteiger partial charge in [0.15, 0.2) is 0 Å². The lowest BCUT2D eigenvalue weighted by Crippen LogP contribution is -2.24. The van der Waals surface area contributed by atoms with E-state index in [2.05, 4.69) is 13.0 Å². The minimum absolute atomic E-state index is 1.00. The Bertz CT molecular complexity index is 155. The molecule has 0 bridgehead atoms. The van der Waals surface area contributed by atoms with E-state index >= 15 is 0 Å². The Balaban J connectivity index is 1.98. The first-order valence-electron chi connectivity index (χ1n) is 4.57. The first kappa shape index (κ1) is 6.45. The Morgan fingerprint density at radius 3 is 2.70 bits per heavy atom. The highest BCUT2D eigenvalue weighted by atomic mass is 14.3. The molecule has 0 aliphatic heterocycles. The molecule has 10 heavy (non-hydrogen) atoms. The van der Waals surface area contributed by atoms with Gasteiger partial charge in [-0.2, -0.15) is 0 Å². The quantitative estimate of drug-likeness (QED) is 0.486. The van der Waals surface area contributed by atoms with E-state index in [1.807, 2.05) is 0 Å². The molecule has 2 aliphatic rings. The van der Waals surface area contributed by atoms with Gasteiger partial charge in [-0.1, -0.05) is 18.6 Å². The fourth-order valence-corrected chi connectivity index (χ4v) is 2.25. The molecule has 0 radical (unpaired) electrons. The molecule has 1 saturated carbocycles. The van der Waals surface area contributed by atoms with E-state index in [1.54, 1.807) is 5.57 Å². The molecule has 0 saturated heterocycles. The monoisotopic (exact) mass is 136 g/mol. The van der Waals surface area contributed by atoms with Crippen LogP contribution in [-0.2, 0) is 0 Å². The summed E-state index contributed by atoms with van der Waals surface area (Å²) in [5.74, 6) is 2.01. The van der Waals surface area contributed by atoms with E-state index in [0.717, 1.165) is 11.8 Å². The van der Waals surface area contributed by atoms with Crippen molar-refractivity contribution in [3.8, 4) is 0 Å². The van der Waals surface area contributed by atoms with Crippen LogP contribution in [0.15, 0.2) is 11.6 Å². The fourth-order valence-electron chi connectivity index (χ4n) is 2.25. The van der Waals surface area contributed by atoms with Crippen molar-refractivity contribution in [2.75, 3.05) is 0 Å². The zero-order valence-electron chi connectivity index (χ0n) is 6.77.